The van der Waals surface area contributed by atoms with Gasteiger partial charge in [-0.25, -0.2) is 0 Å². The van der Waals surface area contributed by atoms with Gasteiger partial charge in [-0.3, -0.25) is 9.89 Å². The summed E-state index contributed by atoms with van der Waals surface area (Å²) in [6, 6.07) is 10.9. The molecule has 2 aliphatic heterocycles. The quantitative estimate of drug-likeness (QED) is 0.543. The highest BCUT2D eigenvalue weighted by Gasteiger charge is 2.28. The van der Waals surface area contributed by atoms with Gasteiger partial charge in [0.25, 0.3) is 0 Å². The van der Waals surface area contributed by atoms with Crippen LogP contribution >= 0.6 is 0 Å². The topological polar surface area (TPSA) is 52.1 Å². The zero-order valence-electron chi connectivity index (χ0n) is 18.7. The molecule has 0 aromatic heterocycles. The molecule has 2 N–H and O–H groups in total. The third-order valence-corrected chi connectivity index (χ3v) is 6.01. The largest absolute Gasteiger partial charge is 0.379 e. The second-order valence-electron chi connectivity index (χ2n) is 9.08. The molecular formula is C23H39N5O. The van der Waals surface area contributed by atoms with E-state index in [1.165, 1.54) is 18.5 Å². The van der Waals surface area contributed by atoms with Crippen LogP contribution in [0, 0.1) is 5.92 Å². The van der Waals surface area contributed by atoms with Gasteiger partial charge in [-0.2, -0.15) is 0 Å². The van der Waals surface area contributed by atoms with E-state index in [0.717, 1.165) is 57.8 Å². The molecule has 6 heteroatoms. The molecule has 2 aliphatic rings. The summed E-state index contributed by atoms with van der Waals surface area (Å²) < 4.78 is 5.47. The molecule has 0 aliphatic carbocycles. The zero-order chi connectivity index (χ0) is 20.7. The smallest absolute Gasteiger partial charge is 0.193 e. The van der Waals surface area contributed by atoms with Crippen molar-refractivity contribution in [2.24, 2.45) is 10.9 Å². The third kappa shape index (κ3) is 6.69. The van der Waals surface area contributed by atoms with Crippen molar-refractivity contribution in [2.45, 2.75) is 38.8 Å². The molecule has 0 bridgehead atoms. The van der Waals surface area contributed by atoms with E-state index < -0.39 is 0 Å². The Labute approximate surface area is 176 Å². The van der Waals surface area contributed by atoms with Gasteiger partial charge in [-0.15, -0.1) is 0 Å². The van der Waals surface area contributed by atoms with Gasteiger partial charge in [0, 0.05) is 57.9 Å². The molecule has 2 atom stereocenters. The Bertz CT molecular complexity index is 642. The van der Waals surface area contributed by atoms with Gasteiger partial charge in [0.15, 0.2) is 5.96 Å². The molecule has 2 heterocycles. The Hall–Kier alpha value is -1.63. The van der Waals surface area contributed by atoms with E-state index in [1.807, 2.05) is 7.05 Å². The number of guanidine groups is 1. The van der Waals surface area contributed by atoms with Crippen LogP contribution in [-0.4, -0.2) is 80.8 Å². The first kappa shape index (κ1) is 22.1. The van der Waals surface area contributed by atoms with Gasteiger partial charge < -0.3 is 20.3 Å². The molecular weight excluding hydrogens is 362 g/mol. The number of ether oxygens (including phenoxy) is 1. The molecule has 2 saturated heterocycles. The van der Waals surface area contributed by atoms with Gasteiger partial charge in [0.2, 0.25) is 0 Å². The van der Waals surface area contributed by atoms with E-state index >= 15 is 0 Å². The Balaban J connectivity index is 1.45. The Morgan fingerprint density at radius 2 is 1.93 bits per heavy atom. The lowest BCUT2D eigenvalue weighted by Gasteiger charge is -2.33. The van der Waals surface area contributed by atoms with Crippen molar-refractivity contribution < 1.29 is 4.74 Å². The fourth-order valence-corrected chi connectivity index (χ4v) is 4.42. The monoisotopic (exact) mass is 401 g/mol. The number of nitrogens with zero attached hydrogens (tertiary/aromatic N) is 3. The van der Waals surface area contributed by atoms with Gasteiger partial charge in [0.1, 0.15) is 0 Å². The molecule has 1 aromatic carbocycles. The molecule has 2 fully saturated rings. The lowest BCUT2D eigenvalue weighted by Crippen LogP contribution is -2.52. The second kappa shape index (κ2) is 10.4. The Morgan fingerprint density at radius 1 is 1.21 bits per heavy atom. The van der Waals surface area contributed by atoms with Gasteiger partial charge in [0.05, 0.1) is 13.2 Å². The maximum atomic E-state index is 5.47. The fraction of sp³-hybridized carbons (Fsp3) is 0.696. The van der Waals surface area contributed by atoms with Crippen LogP contribution < -0.4 is 10.6 Å². The molecule has 0 amide bonds. The van der Waals surface area contributed by atoms with Crippen molar-refractivity contribution >= 4 is 5.96 Å². The molecule has 6 nitrogen and oxygen atoms in total. The predicted octanol–water partition coefficient (Wildman–Crippen LogP) is 2.35. The molecule has 0 saturated carbocycles. The summed E-state index contributed by atoms with van der Waals surface area (Å²) in [7, 11) is 1.89. The molecule has 2 unspecified atom stereocenters. The van der Waals surface area contributed by atoms with Crippen LogP contribution in [-0.2, 0) is 4.74 Å². The van der Waals surface area contributed by atoms with Crippen LogP contribution in [0.15, 0.2) is 35.3 Å². The van der Waals surface area contributed by atoms with E-state index in [-0.39, 0.29) is 5.54 Å². The van der Waals surface area contributed by atoms with Crippen LogP contribution in [0.1, 0.15) is 38.8 Å². The summed E-state index contributed by atoms with van der Waals surface area (Å²) >= 11 is 0. The van der Waals surface area contributed by atoms with Crippen LogP contribution in [0.25, 0.3) is 0 Å². The average Bonchev–Trinajstić information content (AvgIpc) is 3.17. The van der Waals surface area contributed by atoms with Crippen molar-refractivity contribution in [1.29, 1.82) is 0 Å². The normalized spacial score (nSPS) is 22.7. The number of benzene rings is 1. The van der Waals surface area contributed by atoms with Crippen LogP contribution in [0.5, 0.6) is 0 Å². The summed E-state index contributed by atoms with van der Waals surface area (Å²) in [5, 5.41) is 7.36. The highest BCUT2D eigenvalue weighted by molar-refractivity contribution is 5.80. The second-order valence-corrected chi connectivity index (χ2v) is 9.08. The minimum atomic E-state index is -0.0435. The van der Waals surface area contributed by atoms with Crippen molar-refractivity contribution in [1.82, 2.24) is 20.4 Å². The summed E-state index contributed by atoms with van der Waals surface area (Å²) in [6.07, 6.45) is 1.24. The predicted molar refractivity (Wildman–Crippen MR) is 120 cm³/mol. The summed E-state index contributed by atoms with van der Waals surface area (Å²) in [5.41, 5.74) is 1.27. The van der Waals surface area contributed by atoms with Gasteiger partial charge in [-0.05, 0) is 38.7 Å². The standard InChI is InChI=1S/C23H39N5O/c1-19(21-8-6-5-7-9-21)26-23(2,3)18-25-22(24-4)28-11-10-20(17-28)16-27-12-14-29-15-13-27/h5-9,19-20,26H,10-18H2,1-4H3,(H,24,25). The maximum absolute atomic E-state index is 5.47. The van der Waals surface area contributed by atoms with E-state index in [2.05, 4.69) is 76.5 Å². The first-order valence-electron chi connectivity index (χ1n) is 11.1. The molecule has 29 heavy (non-hydrogen) atoms. The van der Waals surface area contributed by atoms with Crippen LogP contribution in [0.2, 0.25) is 0 Å². The molecule has 162 valence electrons. The van der Waals surface area contributed by atoms with Crippen molar-refractivity contribution in [2.75, 3.05) is 59.5 Å². The average molecular weight is 402 g/mol. The number of nitrogens with one attached hydrogen (secondary N) is 2. The highest BCUT2D eigenvalue weighted by Crippen LogP contribution is 2.19. The summed E-state index contributed by atoms with van der Waals surface area (Å²) in [6.45, 7) is 14.8. The highest BCUT2D eigenvalue weighted by atomic mass is 16.5. The van der Waals surface area contributed by atoms with Crippen LogP contribution in [0.4, 0.5) is 0 Å². The van der Waals surface area contributed by atoms with Crippen molar-refractivity contribution in [3.8, 4) is 0 Å². The van der Waals surface area contributed by atoms with Crippen LogP contribution in [0.3, 0.4) is 0 Å². The first-order valence-corrected chi connectivity index (χ1v) is 11.1. The third-order valence-electron chi connectivity index (χ3n) is 6.01. The number of rotatable bonds is 7. The molecule has 1 aromatic rings. The van der Waals surface area contributed by atoms with Gasteiger partial charge in [-0.1, -0.05) is 30.3 Å². The first-order chi connectivity index (χ1) is 14.0. The van der Waals surface area contributed by atoms with E-state index in [1.54, 1.807) is 0 Å². The van der Waals surface area contributed by atoms with E-state index in [4.69, 9.17) is 4.74 Å². The Kier molecular flexibility index (Phi) is 7.92. The maximum Gasteiger partial charge on any atom is 0.193 e. The van der Waals surface area contributed by atoms with Gasteiger partial charge >= 0.3 is 0 Å². The number of hydrogen-bond acceptors (Lipinski definition) is 4. The fourth-order valence-electron chi connectivity index (χ4n) is 4.42. The zero-order valence-corrected chi connectivity index (χ0v) is 18.7. The Morgan fingerprint density at radius 3 is 2.62 bits per heavy atom. The minimum absolute atomic E-state index is 0.0435. The van der Waals surface area contributed by atoms with Crippen molar-refractivity contribution in [3.05, 3.63) is 35.9 Å². The van der Waals surface area contributed by atoms with E-state index in [9.17, 15) is 0 Å². The lowest BCUT2D eigenvalue weighted by atomic mass is 10.0. The minimum Gasteiger partial charge on any atom is -0.379 e. The summed E-state index contributed by atoms with van der Waals surface area (Å²) in [4.78, 5) is 9.53. The van der Waals surface area contributed by atoms with Crippen molar-refractivity contribution in [3.63, 3.8) is 0 Å². The molecule has 0 spiro atoms. The summed E-state index contributed by atoms with van der Waals surface area (Å²) in [5.74, 6) is 1.74. The molecule has 3 rings (SSSR count). The number of aliphatic imine (C=N–C) groups is 1. The SMILES string of the molecule is CN=C(NCC(C)(C)NC(C)c1ccccc1)N1CCC(CN2CCOCC2)C1. The van der Waals surface area contributed by atoms with E-state index in [0.29, 0.717) is 6.04 Å². The lowest BCUT2D eigenvalue weighted by molar-refractivity contribution is 0.0315. The number of morpholine rings is 1. The number of likely N-dealkylation sites (tertiary alicyclic amines) is 1. The number of hydrogen-bond donors (Lipinski definition) is 2. The molecule has 0 radical (unpaired) electrons.